The molecule has 47 heavy (non-hydrogen) atoms. The smallest absolute Gasteiger partial charge is 0.161 e. The molecule has 1 aliphatic rings. The Bertz CT molecular complexity index is 2420. The Labute approximate surface area is 274 Å². The summed E-state index contributed by atoms with van der Waals surface area (Å²) in [4.78, 5) is 14.5. The van der Waals surface area contributed by atoms with Crippen LogP contribution in [0.3, 0.4) is 0 Å². The van der Waals surface area contributed by atoms with Crippen LogP contribution in [0.25, 0.3) is 77.7 Å². The molecular weight excluding hydrogens is 571 g/mol. The Morgan fingerprint density at radius 1 is 0.468 bits per heavy atom. The Morgan fingerprint density at radius 3 is 1.85 bits per heavy atom. The molecule has 3 heteroatoms. The molecule has 9 rings (SSSR count). The van der Waals surface area contributed by atoms with Crippen molar-refractivity contribution in [3.8, 4) is 56.2 Å². The van der Waals surface area contributed by atoms with Crippen molar-refractivity contribution >= 4 is 21.5 Å². The van der Waals surface area contributed by atoms with Crippen molar-refractivity contribution in [2.75, 3.05) is 0 Å². The van der Waals surface area contributed by atoms with Gasteiger partial charge in [-0.1, -0.05) is 129 Å². The van der Waals surface area contributed by atoms with Crippen molar-refractivity contribution in [1.82, 2.24) is 15.0 Å². The molecule has 0 radical (unpaired) electrons. The summed E-state index contributed by atoms with van der Waals surface area (Å²) in [6.45, 7) is 4.74. The maximum absolute atomic E-state index is 5.16. The third-order valence-corrected chi connectivity index (χ3v) is 9.79. The number of hydrogen-bond acceptors (Lipinski definition) is 3. The van der Waals surface area contributed by atoms with Crippen LogP contribution in [0.2, 0.25) is 0 Å². The minimum absolute atomic E-state index is 0.155. The molecule has 0 amide bonds. The molecule has 1 aliphatic carbocycles. The van der Waals surface area contributed by atoms with Crippen LogP contribution in [0.1, 0.15) is 25.0 Å². The zero-order chi connectivity index (χ0) is 31.5. The van der Waals surface area contributed by atoms with Crippen LogP contribution in [0.15, 0.2) is 152 Å². The monoisotopic (exact) mass is 601 g/mol. The van der Waals surface area contributed by atoms with E-state index in [1.54, 1.807) is 0 Å². The number of hydrogen-bond donors (Lipinski definition) is 0. The summed E-state index contributed by atoms with van der Waals surface area (Å²) in [7, 11) is 0. The highest BCUT2D eigenvalue weighted by atomic mass is 14.9. The highest BCUT2D eigenvalue weighted by molar-refractivity contribution is 6.08. The molecule has 0 N–H and O–H groups in total. The Kier molecular flexibility index (Phi) is 6.16. The summed E-state index contributed by atoms with van der Waals surface area (Å²) in [6.07, 6.45) is 3.62. The molecule has 2 aromatic heterocycles. The number of pyridine rings is 1. The van der Waals surface area contributed by atoms with E-state index >= 15 is 0 Å². The summed E-state index contributed by atoms with van der Waals surface area (Å²) in [6, 6.07) is 49.8. The van der Waals surface area contributed by atoms with E-state index in [4.69, 9.17) is 9.97 Å². The van der Waals surface area contributed by atoms with Crippen molar-refractivity contribution in [2.24, 2.45) is 0 Å². The number of fused-ring (bicyclic) bond motifs is 6. The number of nitrogens with zero attached hydrogens (tertiary/aromatic N) is 3. The van der Waals surface area contributed by atoms with Gasteiger partial charge in [0.25, 0.3) is 0 Å². The molecule has 3 nitrogen and oxygen atoms in total. The van der Waals surface area contributed by atoms with Crippen molar-refractivity contribution in [1.29, 1.82) is 0 Å². The van der Waals surface area contributed by atoms with Crippen LogP contribution in [0, 0.1) is 0 Å². The molecular formula is C44H31N3. The van der Waals surface area contributed by atoms with E-state index in [0.29, 0.717) is 5.82 Å². The Hall–Kier alpha value is -5.93. The van der Waals surface area contributed by atoms with Gasteiger partial charge in [-0.2, -0.15) is 0 Å². The second-order valence-electron chi connectivity index (χ2n) is 12.8. The van der Waals surface area contributed by atoms with Crippen LogP contribution < -0.4 is 0 Å². The van der Waals surface area contributed by atoms with Gasteiger partial charge >= 0.3 is 0 Å². The second-order valence-corrected chi connectivity index (χ2v) is 12.8. The molecule has 0 saturated carbocycles. The maximum Gasteiger partial charge on any atom is 0.161 e. The second kappa shape index (κ2) is 10.6. The first-order valence-corrected chi connectivity index (χ1v) is 16.1. The third-order valence-electron chi connectivity index (χ3n) is 9.79. The van der Waals surface area contributed by atoms with Crippen molar-refractivity contribution in [3.63, 3.8) is 0 Å². The number of rotatable bonds is 4. The van der Waals surface area contributed by atoms with Crippen molar-refractivity contribution < 1.29 is 0 Å². The fraction of sp³-hybridized carbons (Fsp3) is 0.0682. The molecule has 222 valence electrons. The SMILES string of the molecule is CC1(C)c2ccc3ccccc3c2-c2cccc(-c3ccc(-c4nc(-c5ccccc5)cc(-c5ccncc5)n4)c4ccccc34)c21. The lowest BCUT2D eigenvalue weighted by molar-refractivity contribution is 0.662. The normalized spacial score (nSPS) is 13.1. The minimum atomic E-state index is -0.155. The van der Waals surface area contributed by atoms with Gasteiger partial charge in [0.1, 0.15) is 0 Å². The van der Waals surface area contributed by atoms with Gasteiger partial charge in [0.05, 0.1) is 11.4 Å². The summed E-state index contributed by atoms with van der Waals surface area (Å²) in [5.41, 5.74) is 12.6. The van der Waals surface area contributed by atoms with Gasteiger partial charge in [-0.15, -0.1) is 0 Å². The highest BCUT2D eigenvalue weighted by Gasteiger charge is 2.38. The van der Waals surface area contributed by atoms with Crippen LogP contribution in [-0.4, -0.2) is 15.0 Å². The molecule has 6 aromatic carbocycles. The van der Waals surface area contributed by atoms with Gasteiger partial charge in [0, 0.05) is 34.5 Å². The number of aromatic nitrogens is 3. The van der Waals surface area contributed by atoms with E-state index in [-0.39, 0.29) is 5.41 Å². The zero-order valence-corrected chi connectivity index (χ0v) is 26.3. The van der Waals surface area contributed by atoms with Crippen LogP contribution in [-0.2, 0) is 5.41 Å². The maximum atomic E-state index is 5.16. The Morgan fingerprint density at radius 2 is 1.09 bits per heavy atom. The van der Waals surface area contributed by atoms with Gasteiger partial charge in [-0.25, -0.2) is 9.97 Å². The van der Waals surface area contributed by atoms with E-state index < -0.39 is 0 Å². The first-order chi connectivity index (χ1) is 23.1. The van der Waals surface area contributed by atoms with E-state index in [1.807, 2.05) is 42.7 Å². The molecule has 0 spiro atoms. The molecule has 0 atom stereocenters. The van der Waals surface area contributed by atoms with Crippen LogP contribution >= 0.6 is 0 Å². The average Bonchev–Trinajstić information content (AvgIpc) is 3.38. The lowest BCUT2D eigenvalue weighted by Gasteiger charge is -2.25. The summed E-state index contributed by atoms with van der Waals surface area (Å²) < 4.78 is 0. The molecule has 0 bridgehead atoms. The van der Waals surface area contributed by atoms with E-state index in [1.165, 1.54) is 49.5 Å². The van der Waals surface area contributed by atoms with Gasteiger partial charge < -0.3 is 0 Å². The molecule has 0 fully saturated rings. The Balaban J connectivity index is 1.27. The van der Waals surface area contributed by atoms with E-state index in [0.717, 1.165) is 33.5 Å². The average molecular weight is 602 g/mol. The predicted molar refractivity (Wildman–Crippen MR) is 194 cm³/mol. The fourth-order valence-electron chi connectivity index (χ4n) is 7.60. The predicted octanol–water partition coefficient (Wildman–Crippen LogP) is 11.2. The minimum Gasteiger partial charge on any atom is -0.265 e. The van der Waals surface area contributed by atoms with Gasteiger partial charge in [0.15, 0.2) is 5.82 Å². The third kappa shape index (κ3) is 4.31. The van der Waals surface area contributed by atoms with E-state index in [9.17, 15) is 0 Å². The summed E-state index contributed by atoms with van der Waals surface area (Å²) in [5, 5.41) is 4.91. The van der Waals surface area contributed by atoms with Crippen molar-refractivity contribution in [2.45, 2.75) is 19.3 Å². The van der Waals surface area contributed by atoms with E-state index in [2.05, 4.69) is 128 Å². The van der Waals surface area contributed by atoms with Gasteiger partial charge in [-0.3, -0.25) is 4.98 Å². The van der Waals surface area contributed by atoms with Gasteiger partial charge in [0.2, 0.25) is 0 Å². The fourth-order valence-corrected chi connectivity index (χ4v) is 7.60. The molecule has 0 unspecified atom stereocenters. The lowest BCUT2D eigenvalue weighted by Crippen LogP contribution is -2.16. The highest BCUT2D eigenvalue weighted by Crippen LogP contribution is 2.55. The molecule has 0 saturated heterocycles. The van der Waals surface area contributed by atoms with Gasteiger partial charge in [-0.05, 0) is 79.2 Å². The first-order valence-electron chi connectivity index (χ1n) is 16.1. The summed E-state index contributed by atoms with van der Waals surface area (Å²) >= 11 is 0. The largest absolute Gasteiger partial charge is 0.265 e. The standard InChI is InChI=1S/C44H31N3/c1-44(2)38-22-19-28-11-6-7-14-31(28)41(38)37-18-10-17-35(42(37)44)34-20-21-36(33-16-9-8-15-32(33)34)43-46-39(29-12-4-3-5-13-29)27-40(47-43)30-23-25-45-26-24-30/h3-27H,1-2H3. The topological polar surface area (TPSA) is 38.7 Å². The quantitative estimate of drug-likeness (QED) is 0.201. The van der Waals surface area contributed by atoms with Crippen LogP contribution in [0.5, 0.6) is 0 Å². The lowest BCUT2D eigenvalue weighted by atomic mass is 9.78. The summed E-state index contributed by atoms with van der Waals surface area (Å²) in [5.74, 6) is 0.707. The van der Waals surface area contributed by atoms with Crippen molar-refractivity contribution in [3.05, 3.63) is 163 Å². The molecule has 2 heterocycles. The first kappa shape index (κ1) is 27.4. The molecule has 0 aliphatic heterocycles. The zero-order valence-electron chi connectivity index (χ0n) is 26.3. The molecule has 8 aromatic rings. The number of benzene rings is 6. The van der Waals surface area contributed by atoms with Crippen LogP contribution in [0.4, 0.5) is 0 Å².